The third kappa shape index (κ3) is 5.24. The van der Waals surface area contributed by atoms with Crippen LogP contribution in [0, 0.1) is 0 Å². The molecule has 4 aromatic rings. The summed E-state index contributed by atoms with van der Waals surface area (Å²) in [5, 5.41) is 10.7. The maximum atomic E-state index is 13.7. The smallest absolute Gasteiger partial charge is 0.434 e. The minimum Gasteiger partial charge on any atom is -0.462 e. The van der Waals surface area contributed by atoms with Gasteiger partial charge < -0.3 is 10.1 Å². The minimum atomic E-state index is -4.85. The third-order valence-electron chi connectivity index (χ3n) is 5.02. The predicted molar refractivity (Wildman–Crippen MR) is 119 cm³/mol. The van der Waals surface area contributed by atoms with Crippen molar-refractivity contribution in [2.24, 2.45) is 0 Å². The molecule has 180 valence electrons. The monoisotopic (exact) mass is 483 g/mol. The molecular weight excluding hydrogens is 463 g/mol. The Labute approximate surface area is 197 Å². The molecule has 0 saturated heterocycles. The van der Waals surface area contributed by atoms with Gasteiger partial charge in [0, 0.05) is 23.9 Å². The first-order chi connectivity index (χ1) is 16.8. The van der Waals surface area contributed by atoms with Crippen molar-refractivity contribution in [1.29, 1.82) is 0 Å². The second kappa shape index (κ2) is 9.84. The zero-order valence-corrected chi connectivity index (χ0v) is 18.5. The lowest BCUT2D eigenvalue weighted by Gasteiger charge is -2.13. The highest BCUT2D eigenvalue weighted by Crippen LogP contribution is 2.34. The zero-order valence-electron chi connectivity index (χ0n) is 18.5. The third-order valence-corrected chi connectivity index (χ3v) is 5.02. The van der Waals surface area contributed by atoms with Gasteiger partial charge in [-0.2, -0.15) is 23.4 Å². The van der Waals surface area contributed by atoms with Gasteiger partial charge in [0.2, 0.25) is 0 Å². The first-order valence-corrected chi connectivity index (χ1v) is 10.6. The summed E-state index contributed by atoms with van der Waals surface area (Å²) < 4.78 is 48.0. The van der Waals surface area contributed by atoms with E-state index in [0.717, 1.165) is 17.4 Å². The number of para-hydroxylation sites is 1. The highest BCUT2D eigenvalue weighted by Gasteiger charge is 2.41. The standard InChI is InChI=1S/C24H20F3N5O3/c1-2-35-23(34)20-14-30-32(21(20)24(25,26)27)19-10-8-17(9-11-19)22(33)28-12-16-13-29-31(15-16)18-6-4-3-5-7-18/h3-11,13-15H,2,12H2,1H3,(H,28,33). The van der Waals surface area contributed by atoms with E-state index < -0.39 is 29.3 Å². The molecule has 0 fully saturated rings. The molecule has 8 nitrogen and oxygen atoms in total. The van der Waals surface area contributed by atoms with Gasteiger partial charge in [-0.05, 0) is 43.3 Å². The molecule has 1 N–H and O–H groups in total. The quantitative estimate of drug-likeness (QED) is 0.398. The molecule has 1 amide bonds. The van der Waals surface area contributed by atoms with E-state index in [1.807, 2.05) is 30.3 Å². The van der Waals surface area contributed by atoms with Crippen LogP contribution >= 0.6 is 0 Å². The Morgan fingerprint density at radius 3 is 2.34 bits per heavy atom. The fourth-order valence-electron chi connectivity index (χ4n) is 3.39. The van der Waals surface area contributed by atoms with Crippen LogP contribution in [0.15, 0.2) is 73.2 Å². The van der Waals surface area contributed by atoms with Crippen LogP contribution < -0.4 is 5.32 Å². The molecule has 2 aromatic heterocycles. The number of carbonyl (C=O) groups is 2. The summed E-state index contributed by atoms with van der Waals surface area (Å²) in [6, 6.07) is 14.9. The van der Waals surface area contributed by atoms with Crippen LogP contribution in [0.2, 0.25) is 0 Å². The molecule has 2 aromatic carbocycles. The summed E-state index contributed by atoms with van der Waals surface area (Å²) in [5.74, 6) is -1.52. The lowest BCUT2D eigenvalue weighted by Crippen LogP contribution is -2.22. The number of rotatable bonds is 7. The summed E-state index contributed by atoms with van der Waals surface area (Å²) in [4.78, 5) is 24.5. The lowest BCUT2D eigenvalue weighted by atomic mass is 10.1. The van der Waals surface area contributed by atoms with Crippen molar-refractivity contribution in [3.8, 4) is 11.4 Å². The maximum absolute atomic E-state index is 13.7. The topological polar surface area (TPSA) is 91.0 Å². The summed E-state index contributed by atoms with van der Waals surface area (Å²) in [7, 11) is 0. The summed E-state index contributed by atoms with van der Waals surface area (Å²) >= 11 is 0. The van der Waals surface area contributed by atoms with Gasteiger partial charge in [0.15, 0.2) is 5.69 Å². The number of halogens is 3. The predicted octanol–water partition coefficient (Wildman–Crippen LogP) is 4.18. The first kappa shape index (κ1) is 23.7. The van der Waals surface area contributed by atoms with Gasteiger partial charge in [-0.15, -0.1) is 0 Å². The average molecular weight is 483 g/mol. The Bertz CT molecular complexity index is 1330. The van der Waals surface area contributed by atoms with Crippen LogP contribution in [0.5, 0.6) is 0 Å². The molecule has 0 atom stereocenters. The van der Waals surface area contributed by atoms with E-state index in [-0.39, 0.29) is 24.4 Å². The second-order valence-electron chi connectivity index (χ2n) is 7.40. The highest BCUT2D eigenvalue weighted by molar-refractivity contribution is 5.94. The number of carbonyl (C=O) groups excluding carboxylic acids is 2. The van der Waals surface area contributed by atoms with Crippen molar-refractivity contribution >= 4 is 11.9 Å². The van der Waals surface area contributed by atoms with Crippen molar-refractivity contribution in [3.63, 3.8) is 0 Å². The fraction of sp³-hybridized carbons (Fsp3) is 0.167. The van der Waals surface area contributed by atoms with Crippen molar-refractivity contribution < 1.29 is 27.5 Å². The van der Waals surface area contributed by atoms with Gasteiger partial charge in [0.25, 0.3) is 5.91 Å². The van der Waals surface area contributed by atoms with Gasteiger partial charge in [0.1, 0.15) is 5.56 Å². The maximum Gasteiger partial charge on any atom is 0.434 e. The number of aromatic nitrogens is 4. The summed E-state index contributed by atoms with van der Waals surface area (Å²) in [6.45, 7) is 1.64. The molecule has 0 aliphatic carbocycles. The molecule has 0 saturated carbocycles. The first-order valence-electron chi connectivity index (χ1n) is 10.6. The number of amides is 1. The van der Waals surface area contributed by atoms with Crippen LogP contribution in [0.3, 0.4) is 0 Å². The normalized spacial score (nSPS) is 11.3. The molecule has 0 aliphatic heterocycles. The fourth-order valence-corrected chi connectivity index (χ4v) is 3.39. The number of nitrogens with zero attached hydrogens (tertiary/aromatic N) is 4. The van der Waals surface area contributed by atoms with Crippen molar-refractivity contribution in [1.82, 2.24) is 24.9 Å². The van der Waals surface area contributed by atoms with E-state index in [1.165, 1.54) is 31.2 Å². The number of benzene rings is 2. The molecule has 0 aliphatic rings. The van der Waals surface area contributed by atoms with E-state index in [9.17, 15) is 22.8 Å². The van der Waals surface area contributed by atoms with Gasteiger partial charge in [0.05, 0.1) is 30.4 Å². The van der Waals surface area contributed by atoms with Crippen LogP contribution in [-0.4, -0.2) is 38.0 Å². The Morgan fingerprint density at radius 1 is 0.971 bits per heavy atom. The molecule has 0 bridgehead atoms. The number of nitrogens with one attached hydrogen (secondary N) is 1. The molecular formula is C24H20F3N5O3. The van der Waals surface area contributed by atoms with E-state index >= 15 is 0 Å². The Morgan fingerprint density at radius 2 is 1.69 bits per heavy atom. The average Bonchev–Trinajstić information content (AvgIpc) is 3.51. The Hall–Kier alpha value is -4.41. The van der Waals surface area contributed by atoms with Crippen molar-refractivity contribution in [3.05, 3.63) is 95.6 Å². The van der Waals surface area contributed by atoms with E-state index in [1.54, 1.807) is 17.1 Å². The van der Waals surface area contributed by atoms with Gasteiger partial charge >= 0.3 is 12.1 Å². The van der Waals surface area contributed by atoms with Crippen molar-refractivity contribution in [2.45, 2.75) is 19.6 Å². The van der Waals surface area contributed by atoms with Crippen LogP contribution in [0.25, 0.3) is 11.4 Å². The van der Waals surface area contributed by atoms with Gasteiger partial charge in [-0.25, -0.2) is 14.2 Å². The molecule has 11 heteroatoms. The van der Waals surface area contributed by atoms with Crippen LogP contribution in [0.4, 0.5) is 13.2 Å². The minimum absolute atomic E-state index is 0.0357. The SMILES string of the molecule is CCOC(=O)c1cnn(-c2ccc(C(=O)NCc3cnn(-c4ccccc4)c3)cc2)c1C(F)(F)F. The Kier molecular flexibility index (Phi) is 6.67. The largest absolute Gasteiger partial charge is 0.462 e. The highest BCUT2D eigenvalue weighted by atomic mass is 19.4. The van der Waals surface area contributed by atoms with Gasteiger partial charge in [-0.3, -0.25) is 4.79 Å². The molecule has 2 heterocycles. The van der Waals surface area contributed by atoms with E-state index in [0.29, 0.717) is 4.68 Å². The Balaban J connectivity index is 1.47. The lowest BCUT2D eigenvalue weighted by molar-refractivity contribution is -0.143. The molecule has 0 unspecified atom stereocenters. The van der Waals surface area contributed by atoms with E-state index in [4.69, 9.17) is 4.74 Å². The van der Waals surface area contributed by atoms with Gasteiger partial charge in [-0.1, -0.05) is 18.2 Å². The molecule has 0 radical (unpaired) electrons. The number of alkyl halides is 3. The van der Waals surface area contributed by atoms with Crippen LogP contribution in [0.1, 0.15) is 38.9 Å². The zero-order chi connectivity index (χ0) is 25.0. The summed E-state index contributed by atoms with van der Waals surface area (Å²) in [6.07, 6.45) is -0.611. The number of esters is 1. The van der Waals surface area contributed by atoms with Crippen molar-refractivity contribution in [2.75, 3.05) is 6.61 Å². The molecule has 35 heavy (non-hydrogen) atoms. The molecule has 4 rings (SSSR count). The summed E-state index contributed by atoms with van der Waals surface area (Å²) in [5.41, 5.74) is 0.00481. The van der Waals surface area contributed by atoms with E-state index in [2.05, 4.69) is 15.5 Å². The number of hydrogen-bond donors (Lipinski definition) is 1. The molecule has 0 spiro atoms. The number of ether oxygens (including phenoxy) is 1. The van der Waals surface area contributed by atoms with Crippen LogP contribution in [-0.2, 0) is 17.5 Å². The number of hydrogen-bond acceptors (Lipinski definition) is 5. The second-order valence-corrected chi connectivity index (χ2v) is 7.40.